The number of rotatable bonds is 10. The molecule has 1 aromatic carbocycles. The molecule has 0 fully saturated rings. The number of alkyl carbamates (subject to hydrolysis) is 1. The molecule has 12 nitrogen and oxygen atoms in total. The van der Waals surface area contributed by atoms with Gasteiger partial charge in [0.25, 0.3) is 0 Å². The molecule has 0 unspecified atom stereocenters. The Bertz CT molecular complexity index is 1290. The molecule has 13 heteroatoms. The van der Waals surface area contributed by atoms with E-state index in [2.05, 4.69) is 35.6 Å². The maximum atomic E-state index is 13.2. The molecule has 3 rings (SSSR count). The Labute approximate surface area is 261 Å². The molecular weight excluding hydrogens is 582 g/mol. The van der Waals surface area contributed by atoms with Crippen LogP contribution < -0.4 is 16.0 Å². The second-order valence-electron chi connectivity index (χ2n) is 13.3. The predicted molar refractivity (Wildman–Crippen MR) is 172 cm³/mol. The molecule has 1 aromatic heterocycles. The van der Waals surface area contributed by atoms with E-state index in [-0.39, 0.29) is 31.8 Å². The third-order valence-corrected chi connectivity index (χ3v) is 8.64. The Hall–Kier alpha value is -3.42. The van der Waals surface area contributed by atoms with Gasteiger partial charge in [-0.15, -0.1) is 0 Å². The van der Waals surface area contributed by atoms with E-state index in [1.54, 1.807) is 18.2 Å². The van der Waals surface area contributed by atoms with Crippen LogP contribution >= 0.6 is 0 Å². The molecule has 0 saturated heterocycles. The topological polar surface area (TPSA) is 142 Å². The van der Waals surface area contributed by atoms with Crippen LogP contribution in [0.5, 0.6) is 0 Å². The van der Waals surface area contributed by atoms with E-state index in [9.17, 15) is 14.4 Å². The second-order valence-corrected chi connectivity index (χ2v) is 19.0. The van der Waals surface area contributed by atoms with Crippen molar-refractivity contribution in [1.29, 1.82) is 0 Å². The van der Waals surface area contributed by atoms with E-state index in [1.807, 2.05) is 38.5 Å². The van der Waals surface area contributed by atoms with Gasteiger partial charge in [-0.3, -0.25) is 10.1 Å². The summed E-state index contributed by atoms with van der Waals surface area (Å²) in [5, 5.41) is 8.75. The van der Waals surface area contributed by atoms with E-state index >= 15 is 0 Å². The molecule has 2 bridgehead atoms. The van der Waals surface area contributed by atoms with Crippen molar-refractivity contribution in [3.05, 3.63) is 30.2 Å². The molecule has 0 aliphatic carbocycles. The van der Waals surface area contributed by atoms with Crippen molar-refractivity contribution in [2.45, 2.75) is 91.0 Å². The lowest BCUT2D eigenvalue weighted by Crippen LogP contribution is -2.36. The maximum absolute atomic E-state index is 13.2. The van der Waals surface area contributed by atoms with Crippen LogP contribution in [0.15, 0.2) is 24.4 Å². The minimum atomic E-state index is -1.29. The Morgan fingerprint density at radius 2 is 1.86 bits per heavy atom. The molecule has 44 heavy (non-hydrogen) atoms. The van der Waals surface area contributed by atoms with Crippen LogP contribution in [-0.2, 0) is 30.5 Å². The summed E-state index contributed by atoms with van der Waals surface area (Å²) in [7, 11) is 0.230. The predicted octanol–water partition coefficient (Wildman–Crippen LogP) is 6.38. The molecule has 0 spiro atoms. The Morgan fingerprint density at radius 3 is 2.55 bits per heavy atom. The Kier molecular flexibility index (Phi) is 12.4. The van der Waals surface area contributed by atoms with Crippen molar-refractivity contribution in [2.24, 2.45) is 5.92 Å². The summed E-state index contributed by atoms with van der Waals surface area (Å²) in [6.45, 7) is 15.5. The first kappa shape index (κ1) is 35.1. The number of hydrogen-bond donors (Lipinski definition) is 3. The van der Waals surface area contributed by atoms with Crippen LogP contribution in [0.25, 0.3) is 11.3 Å². The molecule has 1 aliphatic heterocycles. The fourth-order valence-corrected chi connectivity index (χ4v) is 5.29. The highest BCUT2D eigenvalue weighted by Crippen LogP contribution is 2.34. The molecule has 0 radical (unpaired) electrons. The summed E-state index contributed by atoms with van der Waals surface area (Å²) in [6, 6.07) is 5.73. The highest BCUT2D eigenvalue weighted by Gasteiger charge is 2.27. The first-order valence-corrected chi connectivity index (χ1v) is 18.9. The monoisotopic (exact) mass is 631 g/mol. The van der Waals surface area contributed by atoms with E-state index in [0.717, 1.165) is 6.04 Å². The first-order valence-electron chi connectivity index (χ1n) is 15.2. The van der Waals surface area contributed by atoms with E-state index in [0.29, 0.717) is 54.3 Å². The third-order valence-electron chi connectivity index (χ3n) is 6.93. The summed E-state index contributed by atoms with van der Waals surface area (Å²) >= 11 is 0. The second kappa shape index (κ2) is 15.5. The van der Waals surface area contributed by atoms with Gasteiger partial charge in [-0.25, -0.2) is 14.6 Å². The number of imidazole rings is 1. The van der Waals surface area contributed by atoms with Crippen LogP contribution in [0.1, 0.15) is 58.8 Å². The van der Waals surface area contributed by atoms with Crippen LogP contribution in [0.4, 0.5) is 21.0 Å². The van der Waals surface area contributed by atoms with Crippen molar-refractivity contribution in [1.82, 2.24) is 14.9 Å². The van der Waals surface area contributed by atoms with Crippen LogP contribution in [0.3, 0.4) is 0 Å². The molecule has 2 heterocycles. The van der Waals surface area contributed by atoms with Crippen molar-refractivity contribution >= 4 is 37.5 Å². The molecule has 244 valence electrons. The Balaban J connectivity index is 2.02. The van der Waals surface area contributed by atoms with Gasteiger partial charge < -0.3 is 34.1 Å². The van der Waals surface area contributed by atoms with Gasteiger partial charge in [-0.1, -0.05) is 33.0 Å². The molecule has 0 saturated carbocycles. The van der Waals surface area contributed by atoms with Gasteiger partial charge >= 0.3 is 12.2 Å². The van der Waals surface area contributed by atoms with Gasteiger partial charge in [-0.2, -0.15) is 0 Å². The highest BCUT2D eigenvalue weighted by atomic mass is 28.3. The number of benzene rings is 1. The number of carbonyl (C=O) groups excluding carboxylic acids is 3. The number of ether oxygens (including phenoxy) is 4. The summed E-state index contributed by atoms with van der Waals surface area (Å²) in [5.41, 5.74) is 1.52. The zero-order chi connectivity index (χ0) is 32.5. The van der Waals surface area contributed by atoms with Crippen LogP contribution in [0.2, 0.25) is 25.7 Å². The summed E-state index contributed by atoms with van der Waals surface area (Å²) in [6.07, 6.45) is 2.51. The van der Waals surface area contributed by atoms with E-state index in [1.165, 1.54) is 7.11 Å². The van der Waals surface area contributed by atoms with Gasteiger partial charge in [0.05, 0.1) is 24.0 Å². The first-order chi connectivity index (χ1) is 20.6. The Morgan fingerprint density at radius 1 is 1.11 bits per heavy atom. The molecule has 1 aliphatic rings. The van der Waals surface area contributed by atoms with Gasteiger partial charge in [0.1, 0.15) is 24.8 Å². The summed E-state index contributed by atoms with van der Waals surface area (Å²) in [4.78, 5) is 43.4. The number of fused-ring (bicyclic) bond motifs is 4. The number of methoxy groups -OCH3 is 1. The van der Waals surface area contributed by atoms with Crippen molar-refractivity contribution in [3.63, 3.8) is 0 Å². The van der Waals surface area contributed by atoms with Crippen LogP contribution in [0, 0.1) is 5.92 Å². The summed E-state index contributed by atoms with van der Waals surface area (Å²) < 4.78 is 23.6. The van der Waals surface area contributed by atoms with Gasteiger partial charge in [0, 0.05) is 45.2 Å². The summed E-state index contributed by atoms with van der Waals surface area (Å²) in [5.74, 6) is 0.181. The zero-order valence-electron chi connectivity index (χ0n) is 27.4. The third kappa shape index (κ3) is 11.3. The number of aromatic nitrogens is 2. The minimum absolute atomic E-state index is 0.111. The number of hydrogen-bond acceptors (Lipinski definition) is 8. The normalized spacial score (nSPS) is 17.4. The lowest BCUT2D eigenvalue weighted by Gasteiger charge is -2.24. The number of nitrogens with zero attached hydrogens (tertiary/aromatic N) is 2. The smallest absolute Gasteiger partial charge is 0.411 e. The highest BCUT2D eigenvalue weighted by molar-refractivity contribution is 6.76. The average Bonchev–Trinajstić information content (AvgIpc) is 3.32. The molecule has 2 atom stereocenters. The lowest BCUT2D eigenvalue weighted by molar-refractivity contribution is -0.119. The van der Waals surface area contributed by atoms with Crippen molar-refractivity contribution < 1.29 is 33.3 Å². The van der Waals surface area contributed by atoms with Crippen LogP contribution in [-0.4, -0.2) is 68.3 Å². The van der Waals surface area contributed by atoms with Crippen molar-refractivity contribution in [2.75, 3.05) is 37.6 Å². The standard InChI is InChI=1S/C31H49N5O7Si/c1-21-10-9-11-24(35-30(39)43-31(2,3)4)27-33-26(19-36(27)20-41-16-17-44(6,7)8)23-13-12-22(18-25(23)34-28(21)37)32-29(38)42-15-14-40-5/h12-13,18-19,21,24H,9-11,14-17,20H2,1-8H3,(H,32,38)(H,34,37)(H,35,39)/t21-,24+/m1/s1. The molecular formula is C31H49N5O7Si. The van der Waals surface area contributed by atoms with Crippen molar-refractivity contribution in [3.8, 4) is 11.3 Å². The van der Waals surface area contributed by atoms with E-state index in [4.69, 9.17) is 23.9 Å². The molecule has 3 N–H and O–H groups in total. The fraction of sp³-hybridized carbons (Fsp3) is 0.613. The lowest BCUT2D eigenvalue weighted by atomic mass is 9.99. The minimum Gasteiger partial charge on any atom is -0.447 e. The fourth-order valence-electron chi connectivity index (χ4n) is 4.53. The largest absolute Gasteiger partial charge is 0.447 e. The average molecular weight is 632 g/mol. The van der Waals surface area contributed by atoms with Gasteiger partial charge in [-0.05, 0) is 57.9 Å². The number of carbonyl (C=O) groups is 3. The quantitative estimate of drug-likeness (QED) is 0.203. The zero-order valence-corrected chi connectivity index (χ0v) is 28.4. The number of anilines is 2. The molecule has 3 amide bonds. The van der Waals surface area contributed by atoms with E-state index < -0.39 is 31.9 Å². The SMILES string of the molecule is COCCOC(=O)Nc1ccc2c(c1)NC(=O)[C@H](C)CCC[C@H](NC(=O)OC(C)(C)C)c1nc-2cn1COCC[Si](C)(C)C. The molecule has 2 aromatic rings. The maximum Gasteiger partial charge on any atom is 0.411 e. The van der Waals surface area contributed by atoms with Gasteiger partial charge in [0.15, 0.2) is 0 Å². The van der Waals surface area contributed by atoms with Gasteiger partial charge in [0.2, 0.25) is 5.91 Å². The number of amides is 3. The number of nitrogens with one attached hydrogen (secondary N) is 3.